The molecule has 0 radical (unpaired) electrons. The van der Waals surface area contributed by atoms with E-state index in [0.29, 0.717) is 32.1 Å². The first-order valence-electron chi connectivity index (χ1n) is 8.74. The second-order valence-electron chi connectivity index (χ2n) is 8.00. The maximum atomic E-state index is 11.2. The highest BCUT2D eigenvalue weighted by Gasteiger charge is 2.27. The first kappa shape index (κ1) is 21.0. The van der Waals surface area contributed by atoms with Crippen LogP contribution in [0.3, 0.4) is 0 Å². The minimum Gasteiger partial charge on any atom is -0.508 e. The number of rotatable bonds is 10. The average Bonchev–Trinajstić information content (AvgIpc) is 2.49. The minimum atomic E-state index is -0.819. The van der Waals surface area contributed by atoms with E-state index in [1.807, 2.05) is 6.07 Å². The predicted octanol–water partition coefficient (Wildman–Crippen LogP) is 4.26. The van der Waals surface area contributed by atoms with Gasteiger partial charge in [-0.2, -0.15) is 0 Å². The van der Waals surface area contributed by atoms with Crippen LogP contribution in [0, 0.1) is 10.8 Å². The van der Waals surface area contributed by atoms with Crippen LogP contribution in [0.5, 0.6) is 5.75 Å². The van der Waals surface area contributed by atoms with Gasteiger partial charge in [0.1, 0.15) is 5.75 Å². The topological polar surface area (TPSA) is 94.8 Å². The number of hydrogen-bond donors (Lipinski definition) is 3. The number of carboxylic acids is 2. The molecule has 1 rings (SSSR count). The van der Waals surface area contributed by atoms with Gasteiger partial charge in [-0.15, -0.1) is 0 Å². The van der Waals surface area contributed by atoms with Crippen molar-refractivity contribution in [1.82, 2.24) is 0 Å². The van der Waals surface area contributed by atoms with Crippen LogP contribution in [0.25, 0.3) is 0 Å². The lowest BCUT2D eigenvalue weighted by molar-refractivity contribution is -0.148. The van der Waals surface area contributed by atoms with Crippen molar-refractivity contribution in [3.63, 3.8) is 0 Å². The second-order valence-corrected chi connectivity index (χ2v) is 8.00. The van der Waals surface area contributed by atoms with Crippen molar-refractivity contribution < 1.29 is 24.9 Å². The lowest BCUT2D eigenvalue weighted by atomic mass is 9.84. The van der Waals surface area contributed by atoms with E-state index in [0.717, 1.165) is 17.5 Å². The normalized spacial score (nSPS) is 12.2. The highest BCUT2D eigenvalue weighted by Crippen LogP contribution is 2.30. The van der Waals surface area contributed by atoms with Crippen LogP contribution in [0.4, 0.5) is 0 Å². The smallest absolute Gasteiger partial charge is 0.309 e. The van der Waals surface area contributed by atoms with Gasteiger partial charge in [0.15, 0.2) is 0 Å². The van der Waals surface area contributed by atoms with E-state index >= 15 is 0 Å². The standard InChI is InChI=1S/C20H30O5/c1-19(2,17(22)23)12-6-9-14-8-5-11-16(21)15(14)10-7-13-20(3,4)18(24)25/h5,8,11,21H,6-7,9-10,12-13H2,1-4H3,(H,22,23)(H,24,25). The van der Waals surface area contributed by atoms with Crippen LogP contribution in [0.15, 0.2) is 18.2 Å². The Balaban J connectivity index is 2.72. The van der Waals surface area contributed by atoms with Crippen molar-refractivity contribution in [2.45, 2.75) is 66.2 Å². The predicted molar refractivity (Wildman–Crippen MR) is 96.8 cm³/mol. The van der Waals surface area contributed by atoms with Crippen LogP contribution in [0.1, 0.15) is 64.5 Å². The number of phenols is 1. The Morgan fingerprint density at radius 1 is 0.880 bits per heavy atom. The van der Waals surface area contributed by atoms with E-state index in [9.17, 15) is 24.9 Å². The first-order chi connectivity index (χ1) is 11.5. The second kappa shape index (κ2) is 8.37. The molecule has 1 aromatic rings. The van der Waals surface area contributed by atoms with E-state index in [2.05, 4.69) is 0 Å². The highest BCUT2D eigenvalue weighted by molar-refractivity contribution is 5.73. The molecular formula is C20H30O5. The maximum absolute atomic E-state index is 11.2. The van der Waals surface area contributed by atoms with Crippen LogP contribution in [-0.2, 0) is 22.4 Å². The molecule has 0 atom stereocenters. The summed E-state index contributed by atoms with van der Waals surface area (Å²) < 4.78 is 0. The maximum Gasteiger partial charge on any atom is 0.309 e. The molecule has 0 unspecified atom stereocenters. The van der Waals surface area contributed by atoms with Gasteiger partial charge in [-0.25, -0.2) is 0 Å². The Labute approximate surface area is 149 Å². The van der Waals surface area contributed by atoms with Crippen LogP contribution in [-0.4, -0.2) is 27.3 Å². The largest absolute Gasteiger partial charge is 0.508 e. The quantitative estimate of drug-likeness (QED) is 0.586. The van der Waals surface area contributed by atoms with Gasteiger partial charge in [0.2, 0.25) is 0 Å². The Morgan fingerprint density at radius 3 is 1.84 bits per heavy atom. The minimum absolute atomic E-state index is 0.225. The molecule has 0 spiro atoms. The number of aliphatic carboxylic acids is 2. The van der Waals surface area contributed by atoms with Gasteiger partial charge >= 0.3 is 11.9 Å². The summed E-state index contributed by atoms with van der Waals surface area (Å²) in [6, 6.07) is 5.38. The highest BCUT2D eigenvalue weighted by atomic mass is 16.4. The third-order valence-corrected chi connectivity index (χ3v) is 4.88. The van der Waals surface area contributed by atoms with Gasteiger partial charge in [0.05, 0.1) is 10.8 Å². The molecule has 0 bridgehead atoms. The number of aryl methyl sites for hydroxylation is 1. The zero-order valence-electron chi connectivity index (χ0n) is 15.6. The summed E-state index contributed by atoms with van der Waals surface area (Å²) in [7, 11) is 0. The Bertz CT molecular complexity index is 617. The van der Waals surface area contributed by atoms with Crippen molar-refractivity contribution in [1.29, 1.82) is 0 Å². The van der Waals surface area contributed by atoms with Gasteiger partial charge in [0.25, 0.3) is 0 Å². The SMILES string of the molecule is CC(C)(CCCc1cccc(O)c1CCCC(C)(C)C(=O)O)C(=O)O. The third kappa shape index (κ3) is 6.07. The molecule has 0 aromatic heterocycles. The van der Waals surface area contributed by atoms with E-state index < -0.39 is 22.8 Å². The van der Waals surface area contributed by atoms with Crippen LogP contribution >= 0.6 is 0 Å². The molecule has 0 heterocycles. The number of aromatic hydroxyl groups is 1. The van der Waals surface area contributed by atoms with E-state index in [1.54, 1.807) is 39.8 Å². The number of carbonyl (C=O) groups is 2. The van der Waals surface area contributed by atoms with Crippen molar-refractivity contribution in [2.75, 3.05) is 0 Å². The molecular weight excluding hydrogens is 320 g/mol. The summed E-state index contributed by atoms with van der Waals surface area (Å²) in [5.74, 6) is -1.40. The van der Waals surface area contributed by atoms with E-state index in [1.165, 1.54) is 0 Å². The van der Waals surface area contributed by atoms with Crippen molar-refractivity contribution in [3.05, 3.63) is 29.3 Å². The zero-order chi connectivity index (χ0) is 19.3. The molecule has 140 valence electrons. The molecule has 25 heavy (non-hydrogen) atoms. The van der Waals surface area contributed by atoms with Gasteiger partial charge in [0, 0.05) is 0 Å². The fourth-order valence-electron chi connectivity index (χ4n) is 2.79. The van der Waals surface area contributed by atoms with Gasteiger partial charge in [-0.05, 0) is 83.4 Å². The Kier molecular flexibility index (Phi) is 7.03. The van der Waals surface area contributed by atoms with E-state index in [-0.39, 0.29) is 5.75 Å². The average molecular weight is 350 g/mol. The summed E-state index contributed by atoms with van der Waals surface area (Å²) >= 11 is 0. The molecule has 0 aliphatic carbocycles. The molecule has 0 aliphatic rings. The summed E-state index contributed by atoms with van der Waals surface area (Å²) in [5, 5.41) is 28.5. The molecule has 0 fully saturated rings. The zero-order valence-corrected chi connectivity index (χ0v) is 15.6. The van der Waals surface area contributed by atoms with Gasteiger partial charge in [-0.3, -0.25) is 9.59 Å². The summed E-state index contributed by atoms with van der Waals surface area (Å²) in [6.07, 6.45) is 3.79. The molecule has 0 saturated carbocycles. The first-order valence-corrected chi connectivity index (χ1v) is 8.74. The monoisotopic (exact) mass is 350 g/mol. The molecule has 3 N–H and O–H groups in total. The van der Waals surface area contributed by atoms with Gasteiger partial charge < -0.3 is 15.3 Å². The fraction of sp³-hybridized carbons (Fsp3) is 0.600. The molecule has 0 amide bonds. The van der Waals surface area contributed by atoms with Crippen LogP contribution < -0.4 is 0 Å². The molecule has 5 nitrogen and oxygen atoms in total. The molecule has 1 aromatic carbocycles. The van der Waals surface area contributed by atoms with Crippen molar-refractivity contribution in [2.24, 2.45) is 10.8 Å². The third-order valence-electron chi connectivity index (χ3n) is 4.88. The lowest BCUT2D eigenvalue weighted by Gasteiger charge is -2.20. The number of hydrogen-bond acceptors (Lipinski definition) is 3. The summed E-state index contributed by atoms with van der Waals surface area (Å²) in [4.78, 5) is 22.4. The van der Waals surface area contributed by atoms with E-state index in [4.69, 9.17) is 0 Å². The Morgan fingerprint density at radius 2 is 1.36 bits per heavy atom. The van der Waals surface area contributed by atoms with Crippen molar-refractivity contribution >= 4 is 11.9 Å². The summed E-state index contributed by atoms with van der Waals surface area (Å²) in [6.45, 7) is 6.84. The number of carboxylic acid groups (broad SMARTS) is 2. The van der Waals surface area contributed by atoms with Crippen LogP contribution in [0.2, 0.25) is 0 Å². The fourth-order valence-corrected chi connectivity index (χ4v) is 2.79. The summed E-state index contributed by atoms with van der Waals surface area (Å²) in [5.41, 5.74) is 0.310. The number of phenolic OH excluding ortho intramolecular Hbond substituents is 1. The molecule has 0 aliphatic heterocycles. The molecule has 5 heteroatoms. The lowest BCUT2D eigenvalue weighted by Crippen LogP contribution is -2.23. The molecule has 0 saturated heterocycles. The van der Waals surface area contributed by atoms with Crippen molar-refractivity contribution in [3.8, 4) is 5.75 Å². The number of benzene rings is 1. The Hall–Kier alpha value is -2.04. The van der Waals surface area contributed by atoms with Gasteiger partial charge in [-0.1, -0.05) is 12.1 Å².